The number of H-pyrrole nitrogens is 1. The second-order valence-electron chi connectivity index (χ2n) is 6.23. The van der Waals surface area contributed by atoms with E-state index in [9.17, 15) is 0 Å². The molecule has 1 atom stereocenters. The lowest BCUT2D eigenvalue weighted by Gasteiger charge is -2.24. The second-order valence-corrected chi connectivity index (χ2v) is 7.67. The molecule has 3 heterocycles. The van der Waals surface area contributed by atoms with Crippen LogP contribution < -0.4 is 5.32 Å². The first kappa shape index (κ1) is 18.6. The molecule has 0 aliphatic carbocycles. The van der Waals surface area contributed by atoms with Gasteiger partial charge >= 0.3 is 0 Å². The van der Waals surface area contributed by atoms with Crippen LogP contribution in [0.2, 0.25) is 5.02 Å². The number of ether oxygens (including phenoxy) is 1. The Morgan fingerprint density at radius 2 is 2.04 bits per heavy atom. The first-order valence-corrected chi connectivity index (χ1v) is 9.87. The lowest BCUT2D eigenvalue weighted by Crippen LogP contribution is -2.27. The first-order chi connectivity index (χ1) is 12.2. The number of halogens is 1. The molecule has 136 valence electrons. The maximum absolute atomic E-state index is 7.00. The minimum atomic E-state index is 0.393. The summed E-state index contributed by atoms with van der Waals surface area (Å²) in [5.41, 5.74) is 3.27. The van der Waals surface area contributed by atoms with Crippen molar-refractivity contribution in [1.29, 1.82) is 0 Å². The third kappa shape index (κ3) is 4.31. The summed E-state index contributed by atoms with van der Waals surface area (Å²) in [6.07, 6.45) is 2.06. The standard InChI is InChI=1S/C17H20ClN3OS.CH4O/c1-10-9-23-17(19-10)15-7-11-6-12(18)8-14(16(11)21-15)20-13-2-4-22-5-3-13;1-2/h6-8,10,13,20-21H,2-5,9H2,1H3;2H,1H3. The number of fused-ring (bicyclic) bond motifs is 1. The number of nitrogens with zero attached hydrogens (tertiary/aromatic N) is 1. The number of thioether (sulfide) groups is 1. The Morgan fingerprint density at radius 3 is 2.72 bits per heavy atom. The molecule has 1 unspecified atom stereocenters. The highest BCUT2D eigenvalue weighted by Crippen LogP contribution is 2.32. The Balaban J connectivity index is 0.000000880. The second kappa shape index (κ2) is 8.45. The minimum absolute atomic E-state index is 0.393. The van der Waals surface area contributed by atoms with Crippen LogP contribution in [0, 0.1) is 0 Å². The molecule has 1 aromatic carbocycles. The highest BCUT2D eigenvalue weighted by atomic mass is 35.5. The van der Waals surface area contributed by atoms with E-state index in [4.69, 9.17) is 26.4 Å². The van der Waals surface area contributed by atoms with Crippen LogP contribution in [-0.2, 0) is 4.74 Å². The average molecular weight is 382 g/mol. The Bertz CT molecular complexity index is 756. The molecule has 0 saturated carbocycles. The van der Waals surface area contributed by atoms with Gasteiger partial charge in [0.05, 0.1) is 22.9 Å². The molecule has 0 bridgehead atoms. The zero-order chi connectivity index (χ0) is 17.8. The lowest BCUT2D eigenvalue weighted by molar-refractivity contribution is 0.0905. The zero-order valence-electron chi connectivity index (χ0n) is 14.5. The van der Waals surface area contributed by atoms with Gasteiger partial charge in [0.15, 0.2) is 0 Å². The van der Waals surface area contributed by atoms with E-state index in [1.165, 1.54) is 0 Å². The molecule has 2 aliphatic heterocycles. The van der Waals surface area contributed by atoms with Crippen LogP contribution in [-0.4, -0.2) is 53.3 Å². The molecule has 2 aromatic rings. The summed E-state index contributed by atoms with van der Waals surface area (Å²) >= 11 is 8.13. The third-order valence-corrected chi connectivity index (χ3v) is 5.77. The van der Waals surface area contributed by atoms with Crippen molar-refractivity contribution in [3.05, 3.63) is 28.9 Å². The van der Waals surface area contributed by atoms with Crippen molar-refractivity contribution in [2.24, 2.45) is 4.99 Å². The van der Waals surface area contributed by atoms with E-state index >= 15 is 0 Å². The fraction of sp³-hybridized carbons (Fsp3) is 0.500. The smallest absolute Gasteiger partial charge is 0.114 e. The van der Waals surface area contributed by atoms with Crippen LogP contribution in [0.25, 0.3) is 10.9 Å². The molecule has 1 fully saturated rings. The number of hydrogen-bond acceptors (Lipinski definition) is 5. The lowest BCUT2D eigenvalue weighted by atomic mass is 10.1. The molecular formula is C18H24ClN3O2S. The van der Waals surface area contributed by atoms with Crippen LogP contribution in [0.4, 0.5) is 5.69 Å². The molecule has 2 aliphatic rings. The normalized spacial score (nSPS) is 21.0. The maximum atomic E-state index is 7.00. The summed E-state index contributed by atoms with van der Waals surface area (Å²) in [6, 6.07) is 7.00. The van der Waals surface area contributed by atoms with Crippen molar-refractivity contribution >= 4 is 45.0 Å². The summed E-state index contributed by atoms with van der Waals surface area (Å²) in [4.78, 5) is 8.24. The van der Waals surface area contributed by atoms with Crippen LogP contribution >= 0.6 is 23.4 Å². The van der Waals surface area contributed by atoms with Gasteiger partial charge in [0, 0.05) is 42.5 Å². The Morgan fingerprint density at radius 1 is 1.28 bits per heavy atom. The number of aromatic nitrogens is 1. The van der Waals surface area contributed by atoms with Crippen LogP contribution in [0.5, 0.6) is 0 Å². The maximum Gasteiger partial charge on any atom is 0.114 e. The van der Waals surface area contributed by atoms with Crippen molar-refractivity contribution in [3.63, 3.8) is 0 Å². The summed E-state index contributed by atoms with van der Waals surface area (Å²) in [7, 11) is 1.00. The number of hydrogen-bond donors (Lipinski definition) is 3. The monoisotopic (exact) mass is 381 g/mol. The summed E-state index contributed by atoms with van der Waals surface area (Å²) in [5.74, 6) is 1.05. The topological polar surface area (TPSA) is 69.6 Å². The molecular weight excluding hydrogens is 358 g/mol. The summed E-state index contributed by atoms with van der Waals surface area (Å²) in [6.45, 7) is 3.79. The van der Waals surface area contributed by atoms with Crippen molar-refractivity contribution in [1.82, 2.24) is 4.98 Å². The zero-order valence-corrected chi connectivity index (χ0v) is 16.1. The van der Waals surface area contributed by atoms with Gasteiger partial charge in [-0.2, -0.15) is 0 Å². The summed E-state index contributed by atoms with van der Waals surface area (Å²) in [5, 5.41) is 13.6. The first-order valence-electron chi connectivity index (χ1n) is 8.51. The highest BCUT2D eigenvalue weighted by Gasteiger charge is 2.20. The van der Waals surface area contributed by atoms with Crippen LogP contribution in [0.3, 0.4) is 0 Å². The SMILES string of the molecule is CC1CSC(c2cc3cc(Cl)cc(NC4CCOCC4)c3[nH]2)=N1.CO. The largest absolute Gasteiger partial charge is 0.400 e. The van der Waals surface area contributed by atoms with Gasteiger partial charge in [0.2, 0.25) is 0 Å². The van der Waals surface area contributed by atoms with Gasteiger partial charge < -0.3 is 20.1 Å². The van der Waals surface area contributed by atoms with Crippen LogP contribution in [0.1, 0.15) is 25.5 Å². The predicted octanol–water partition coefficient (Wildman–Crippen LogP) is 3.90. The number of nitrogens with one attached hydrogen (secondary N) is 2. The van der Waals surface area contributed by atoms with Gasteiger partial charge in [-0.25, -0.2) is 0 Å². The number of anilines is 1. The molecule has 25 heavy (non-hydrogen) atoms. The van der Waals surface area contributed by atoms with Gasteiger partial charge in [0.1, 0.15) is 5.04 Å². The number of aliphatic imine (C=N–C) groups is 1. The van der Waals surface area contributed by atoms with Gasteiger partial charge in [0.25, 0.3) is 0 Å². The van der Waals surface area contributed by atoms with Crippen molar-refractivity contribution in [3.8, 4) is 0 Å². The van der Waals surface area contributed by atoms with Gasteiger partial charge in [-0.1, -0.05) is 11.6 Å². The highest BCUT2D eigenvalue weighted by molar-refractivity contribution is 8.14. The molecule has 3 N–H and O–H groups in total. The molecule has 1 aromatic heterocycles. The van der Waals surface area contributed by atoms with E-state index in [-0.39, 0.29) is 0 Å². The van der Waals surface area contributed by atoms with Gasteiger partial charge in [-0.05, 0) is 38.0 Å². The minimum Gasteiger partial charge on any atom is -0.400 e. The molecule has 0 radical (unpaired) electrons. The van der Waals surface area contributed by atoms with E-state index in [0.717, 1.165) is 71.3 Å². The molecule has 0 spiro atoms. The van der Waals surface area contributed by atoms with Crippen molar-refractivity contribution < 1.29 is 9.84 Å². The number of aromatic amines is 1. The van der Waals surface area contributed by atoms with Crippen LogP contribution in [0.15, 0.2) is 23.2 Å². The average Bonchev–Trinajstić information content (AvgIpc) is 3.24. The fourth-order valence-electron chi connectivity index (χ4n) is 3.12. The number of aliphatic hydroxyl groups excluding tert-OH is 1. The number of benzene rings is 1. The molecule has 4 rings (SSSR count). The molecule has 5 nitrogen and oxygen atoms in total. The molecule has 7 heteroatoms. The fourth-order valence-corrected chi connectivity index (χ4v) is 4.34. The van der Waals surface area contributed by atoms with Gasteiger partial charge in [-0.15, -0.1) is 11.8 Å². The third-order valence-electron chi connectivity index (χ3n) is 4.30. The molecule has 0 amide bonds. The van der Waals surface area contributed by atoms with E-state index in [0.29, 0.717) is 12.1 Å². The predicted molar refractivity (Wildman–Crippen MR) is 107 cm³/mol. The quantitative estimate of drug-likeness (QED) is 0.754. The Kier molecular flexibility index (Phi) is 6.28. The van der Waals surface area contributed by atoms with Crippen molar-refractivity contribution in [2.75, 3.05) is 31.4 Å². The van der Waals surface area contributed by atoms with E-state index in [1.54, 1.807) is 0 Å². The Hall–Kier alpha value is -1.21. The summed E-state index contributed by atoms with van der Waals surface area (Å²) < 4.78 is 5.44. The Labute approximate surface area is 157 Å². The van der Waals surface area contributed by atoms with E-state index < -0.39 is 0 Å². The molecule has 1 saturated heterocycles. The number of rotatable bonds is 3. The van der Waals surface area contributed by atoms with Gasteiger partial charge in [-0.3, -0.25) is 4.99 Å². The van der Waals surface area contributed by atoms with E-state index in [1.807, 2.05) is 23.9 Å². The number of aliphatic hydroxyl groups is 1. The van der Waals surface area contributed by atoms with E-state index in [2.05, 4.69) is 23.3 Å². The van der Waals surface area contributed by atoms with Crippen molar-refractivity contribution in [2.45, 2.75) is 31.8 Å².